The van der Waals surface area contributed by atoms with Crippen molar-refractivity contribution in [2.45, 2.75) is 25.4 Å². The molecule has 2 fully saturated rings. The zero-order valence-electron chi connectivity index (χ0n) is 12.9. The highest BCUT2D eigenvalue weighted by atomic mass is 79.9. The molecule has 0 radical (unpaired) electrons. The van der Waals surface area contributed by atoms with Crippen LogP contribution in [0.5, 0.6) is 0 Å². The van der Waals surface area contributed by atoms with E-state index < -0.39 is 0 Å². The zero-order chi connectivity index (χ0) is 15.5. The molecular weight excluding hydrogens is 344 g/mol. The van der Waals surface area contributed by atoms with Crippen LogP contribution in [0, 0.1) is 0 Å². The molecule has 2 unspecified atom stereocenters. The fraction of sp³-hybridized carbons (Fsp3) is 0.562. The topological polar surface area (TPSA) is 47.6 Å². The molecule has 0 aromatic heterocycles. The SMILES string of the molecule is CC1CNCCN1C(=O)NC1CCN(c2cccc(Br)c2)C1. The third-order valence-corrected chi connectivity index (χ3v) is 4.94. The third kappa shape index (κ3) is 3.55. The lowest BCUT2D eigenvalue weighted by molar-refractivity contribution is 0.162. The molecule has 2 heterocycles. The van der Waals surface area contributed by atoms with Gasteiger partial charge in [0.2, 0.25) is 0 Å². The summed E-state index contributed by atoms with van der Waals surface area (Å²) in [5.41, 5.74) is 1.21. The Morgan fingerprint density at radius 2 is 2.27 bits per heavy atom. The molecule has 2 atom stereocenters. The number of anilines is 1. The second kappa shape index (κ2) is 6.87. The molecule has 0 bridgehead atoms. The first-order chi connectivity index (χ1) is 10.6. The van der Waals surface area contributed by atoms with Crippen molar-refractivity contribution in [3.63, 3.8) is 0 Å². The molecule has 2 N–H and O–H groups in total. The van der Waals surface area contributed by atoms with Gasteiger partial charge in [0.15, 0.2) is 0 Å². The van der Waals surface area contributed by atoms with E-state index in [1.165, 1.54) is 5.69 Å². The maximum Gasteiger partial charge on any atom is 0.318 e. The zero-order valence-corrected chi connectivity index (χ0v) is 14.5. The number of nitrogens with zero attached hydrogens (tertiary/aromatic N) is 2. The van der Waals surface area contributed by atoms with Crippen molar-refractivity contribution < 1.29 is 4.79 Å². The number of halogens is 1. The van der Waals surface area contributed by atoms with E-state index in [0.29, 0.717) is 0 Å². The van der Waals surface area contributed by atoms with Gasteiger partial charge in [-0.1, -0.05) is 22.0 Å². The molecule has 0 saturated carbocycles. The Morgan fingerprint density at radius 1 is 1.41 bits per heavy atom. The van der Waals surface area contributed by atoms with Gasteiger partial charge >= 0.3 is 6.03 Å². The molecule has 0 aliphatic carbocycles. The average molecular weight is 367 g/mol. The Labute approximate surface area is 140 Å². The van der Waals surface area contributed by atoms with Crippen LogP contribution in [0.1, 0.15) is 13.3 Å². The first-order valence-corrected chi connectivity index (χ1v) is 8.71. The predicted octanol–water partition coefficient (Wildman–Crippen LogP) is 2.03. The summed E-state index contributed by atoms with van der Waals surface area (Å²) < 4.78 is 1.09. The molecule has 2 aliphatic heterocycles. The van der Waals surface area contributed by atoms with Gasteiger partial charge in [-0.2, -0.15) is 0 Å². The summed E-state index contributed by atoms with van der Waals surface area (Å²) in [6.45, 7) is 6.50. The molecule has 2 aliphatic rings. The molecular formula is C16H23BrN4O. The number of carbonyl (C=O) groups excluding carboxylic acids is 1. The Balaban J connectivity index is 1.55. The average Bonchev–Trinajstić information content (AvgIpc) is 2.96. The Morgan fingerprint density at radius 3 is 3.05 bits per heavy atom. The van der Waals surface area contributed by atoms with Crippen LogP contribution in [0.3, 0.4) is 0 Å². The van der Waals surface area contributed by atoms with Crippen LogP contribution >= 0.6 is 15.9 Å². The van der Waals surface area contributed by atoms with Crippen molar-refractivity contribution in [2.24, 2.45) is 0 Å². The number of hydrogen-bond donors (Lipinski definition) is 2. The monoisotopic (exact) mass is 366 g/mol. The van der Waals surface area contributed by atoms with Crippen LogP contribution in [0.2, 0.25) is 0 Å². The van der Waals surface area contributed by atoms with E-state index in [-0.39, 0.29) is 18.1 Å². The molecule has 3 rings (SSSR count). The first-order valence-electron chi connectivity index (χ1n) is 7.92. The number of rotatable bonds is 2. The molecule has 22 heavy (non-hydrogen) atoms. The van der Waals surface area contributed by atoms with Crippen molar-refractivity contribution in [1.82, 2.24) is 15.5 Å². The lowest BCUT2D eigenvalue weighted by Crippen LogP contribution is -2.56. The quantitative estimate of drug-likeness (QED) is 0.841. The van der Waals surface area contributed by atoms with Crippen molar-refractivity contribution in [3.8, 4) is 0 Å². The van der Waals surface area contributed by atoms with Gasteiger partial charge in [0.05, 0.1) is 0 Å². The second-order valence-electron chi connectivity index (χ2n) is 6.11. The fourth-order valence-corrected chi connectivity index (χ4v) is 3.57. The van der Waals surface area contributed by atoms with Gasteiger partial charge < -0.3 is 20.4 Å². The Bertz CT molecular complexity index is 539. The van der Waals surface area contributed by atoms with Crippen LogP contribution in [0.15, 0.2) is 28.7 Å². The minimum Gasteiger partial charge on any atom is -0.369 e. The maximum absolute atomic E-state index is 12.4. The predicted molar refractivity (Wildman–Crippen MR) is 92.3 cm³/mol. The molecule has 1 aromatic rings. The minimum atomic E-state index is 0.0788. The van der Waals surface area contributed by atoms with Gasteiger partial charge in [0.1, 0.15) is 0 Å². The molecule has 2 amide bonds. The summed E-state index contributed by atoms with van der Waals surface area (Å²) in [6.07, 6.45) is 0.999. The summed E-state index contributed by atoms with van der Waals surface area (Å²) in [7, 11) is 0. The number of nitrogens with one attached hydrogen (secondary N) is 2. The minimum absolute atomic E-state index is 0.0788. The van der Waals surface area contributed by atoms with Crippen LogP contribution in [-0.4, -0.2) is 55.7 Å². The standard InChI is InChI=1S/C16H23BrN4O/c1-12-10-18-6-8-21(12)16(22)19-14-5-7-20(11-14)15-4-2-3-13(17)9-15/h2-4,9,12,14,18H,5-8,10-11H2,1H3,(H,19,22). The smallest absolute Gasteiger partial charge is 0.318 e. The summed E-state index contributed by atoms with van der Waals surface area (Å²) in [6, 6.07) is 8.90. The number of amides is 2. The van der Waals surface area contributed by atoms with E-state index in [9.17, 15) is 4.79 Å². The highest BCUT2D eigenvalue weighted by Gasteiger charge is 2.28. The Hall–Kier alpha value is -1.27. The fourth-order valence-electron chi connectivity index (χ4n) is 3.19. The Kier molecular flexibility index (Phi) is 4.88. The molecule has 120 valence electrons. The lowest BCUT2D eigenvalue weighted by atomic mass is 10.2. The molecule has 5 nitrogen and oxygen atoms in total. The van der Waals surface area contributed by atoms with Crippen LogP contribution in [0.25, 0.3) is 0 Å². The van der Waals surface area contributed by atoms with Gasteiger partial charge in [0.25, 0.3) is 0 Å². The molecule has 6 heteroatoms. The summed E-state index contributed by atoms with van der Waals surface area (Å²) in [5, 5.41) is 6.51. The number of urea groups is 1. The van der Waals surface area contributed by atoms with Gasteiger partial charge in [0, 0.05) is 55.0 Å². The third-order valence-electron chi connectivity index (χ3n) is 4.45. The van der Waals surface area contributed by atoms with Crippen molar-refractivity contribution in [1.29, 1.82) is 0 Å². The lowest BCUT2D eigenvalue weighted by Gasteiger charge is -2.34. The molecule has 2 saturated heterocycles. The maximum atomic E-state index is 12.4. The number of benzene rings is 1. The highest BCUT2D eigenvalue weighted by molar-refractivity contribution is 9.10. The highest BCUT2D eigenvalue weighted by Crippen LogP contribution is 2.23. The van der Waals surface area contributed by atoms with Gasteiger partial charge in [-0.25, -0.2) is 4.79 Å². The van der Waals surface area contributed by atoms with Crippen molar-refractivity contribution in [3.05, 3.63) is 28.7 Å². The molecule has 1 aromatic carbocycles. The van der Waals surface area contributed by atoms with Crippen molar-refractivity contribution in [2.75, 3.05) is 37.6 Å². The number of hydrogen-bond acceptors (Lipinski definition) is 3. The van der Waals surface area contributed by atoms with Crippen LogP contribution < -0.4 is 15.5 Å². The summed E-state index contributed by atoms with van der Waals surface area (Å²) in [5.74, 6) is 0. The first kappa shape index (κ1) is 15.6. The van der Waals surface area contributed by atoms with Gasteiger partial charge in [-0.15, -0.1) is 0 Å². The van der Waals surface area contributed by atoms with E-state index >= 15 is 0 Å². The van der Waals surface area contributed by atoms with E-state index in [2.05, 4.69) is 50.5 Å². The second-order valence-corrected chi connectivity index (χ2v) is 7.02. The molecule has 0 spiro atoms. The van der Waals surface area contributed by atoms with E-state index in [0.717, 1.165) is 43.6 Å². The van der Waals surface area contributed by atoms with E-state index in [1.54, 1.807) is 0 Å². The van der Waals surface area contributed by atoms with Crippen molar-refractivity contribution >= 4 is 27.6 Å². The van der Waals surface area contributed by atoms with E-state index in [1.807, 2.05) is 17.0 Å². The van der Waals surface area contributed by atoms with E-state index in [4.69, 9.17) is 0 Å². The largest absolute Gasteiger partial charge is 0.369 e. The number of piperazine rings is 1. The van der Waals surface area contributed by atoms with Gasteiger partial charge in [-0.05, 0) is 31.5 Å². The summed E-state index contributed by atoms with van der Waals surface area (Å²) >= 11 is 3.51. The van der Waals surface area contributed by atoms with Gasteiger partial charge in [-0.3, -0.25) is 0 Å². The van der Waals surface area contributed by atoms with Crippen LogP contribution in [0.4, 0.5) is 10.5 Å². The summed E-state index contributed by atoms with van der Waals surface area (Å²) in [4.78, 5) is 16.7. The normalized spacial score (nSPS) is 25.4. The van der Waals surface area contributed by atoms with Crippen LogP contribution in [-0.2, 0) is 0 Å². The number of carbonyl (C=O) groups is 1.